The first-order valence-electron chi connectivity index (χ1n) is 20.4. The first-order chi connectivity index (χ1) is 26.7. The lowest BCUT2D eigenvalue weighted by Gasteiger charge is -2.46. The number of anilines is 6. The number of rotatable bonds is 7. The molecule has 6 atom stereocenters. The fraction of sp³-hybridized carbons (Fsp3) is 0.457. The van der Waals surface area contributed by atoms with Gasteiger partial charge >= 0.3 is 0 Å². The van der Waals surface area contributed by atoms with Crippen LogP contribution < -0.4 is 30.2 Å². The van der Waals surface area contributed by atoms with Crippen molar-refractivity contribution in [3.05, 3.63) is 108 Å². The largest absolute Gasteiger partial charge is 0.378 e. The van der Waals surface area contributed by atoms with Crippen molar-refractivity contribution in [3.63, 3.8) is 0 Å². The minimum atomic E-state index is 0.0953. The number of ether oxygens (including phenoxy) is 2. The molecular formula is C46H60N6O3. The van der Waals surface area contributed by atoms with Crippen molar-refractivity contribution in [1.29, 1.82) is 0 Å². The first kappa shape index (κ1) is 38.5. The Morgan fingerprint density at radius 1 is 0.618 bits per heavy atom. The molecule has 4 heterocycles. The molecule has 9 heteroatoms. The van der Waals surface area contributed by atoms with Gasteiger partial charge in [-0.15, -0.1) is 0 Å². The van der Waals surface area contributed by atoms with Crippen LogP contribution in [0.2, 0.25) is 0 Å². The van der Waals surface area contributed by atoms with E-state index in [4.69, 9.17) is 9.47 Å². The van der Waals surface area contributed by atoms with E-state index in [-0.39, 0.29) is 23.9 Å². The number of carbonyl (C=O) groups excluding carboxylic acids is 1. The maximum atomic E-state index is 12.4. The molecular weight excluding hydrogens is 685 g/mol. The van der Waals surface area contributed by atoms with E-state index in [1.165, 1.54) is 33.9 Å². The van der Waals surface area contributed by atoms with Gasteiger partial charge in [0.15, 0.2) is 0 Å². The monoisotopic (exact) mass is 744 g/mol. The quantitative estimate of drug-likeness (QED) is 0.195. The summed E-state index contributed by atoms with van der Waals surface area (Å²) in [6.07, 6.45) is 0. The van der Waals surface area contributed by atoms with Crippen molar-refractivity contribution in [2.24, 2.45) is 11.8 Å². The number of hydrogen-bond donors (Lipinski definition) is 2. The molecule has 2 saturated heterocycles. The number of morpholine rings is 2. The van der Waals surface area contributed by atoms with E-state index in [1.54, 1.807) is 6.92 Å². The molecule has 0 saturated carbocycles. The zero-order valence-corrected chi connectivity index (χ0v) is 33.6. The van der Waals surface area contributed by atoms with Gasteiger partial charge in [-0.1, -0.05) is 50.2 Å². The Bertz CT molecular complexity index is 1860. The molecule has 4 aromatic carbocycles. The summed E-state index contributed by atoms with van der Waals surface area (Å²) in [6, 6.07) is 35.5. The molecule has 1 amide bonds. The van der Waals surface area contributed by atoms with Crippen molar-refractivity contribution in [2.75, 3.05) is 89.4 Å². The van der Waals surface area contributed by atoms with Crippen LogP contribution in [0.25, 0.3) is 0 Å². The van der Waals surface area contributed by atoms with Crippen LogP contribution >= 0.6 is 0 Å². The summed E-state index contributed by atoms with van der Waals surface area (Å²) in [5, 5.41) is 7.55. The van der Waals surface area contributed by atoms with Gasteiger partial charge in [0.25, 0.3) is 0 Å². The van der Waals surface area contributed by atoms with Crippen molar-refractivity contribution < 1.29 is 14.3 Å². The molecule has 4 aromatic rings. The van der Waals surface area contributed by atoms with E-state index in [1.807, 2.05) is 23.1 Å². The van der Waals surface area contributed by atoms with Crippen LogP contribution in [-0.4, -0.2) is 77.1 Å². The average Bonchev–Trinajstić information content (AvgIpc) is 3.23. The number of para-hydroxylation sites is 2. The number of benzene rings is 4. The molecule has 9 nitrogen and oxygen atoms in total. The highest BCUT2D eigenvalue weighted by Gasteiger charge is 2.39. The Morgan fingerprint density at radius 2 is 1.05 bits per heavy atom. The molecule has 8 rings (SSSR count). The van der Waals surface area contributed by atoms with E-state index < -0.39 is 0 Å². The van der Waals surface area contributed by atoms with E-state index in [0.29, 0.717) is 18.0 Å². The zero-order chi connectivity index (χ0) is 38.5. The number of fused-ring (bicyclic) bond motifs is 2. The molecule has 2 N–H and O–H groups in total. The average molecular weight is 745 g/mol. The standard InChI is InChI=1S/C23H29N3O2.C23H31N3O/c1-16-17(2)26(18(3)27)22-10-9-20(25-11-13-28-14-12-25)15-21(22)23(16)24-19-7-5-4-6-8-19;1-4-26-18(3)17(2)23(24-19-8-6-5-7-9-19)21-16-20(10-11-22(21)26)25-12-14-27-15-13-25/h4-10,15-17,23-24H,11-14H2,1-3H3;5-11,16-18,23-24H,4,12-15H2,1-3H3/t16-,17-,23+;17-,18-,23+/m10/s1. The van der Waals surface area contributed by atoms with Crippen LogP contribution in [0.5, 0.6) is 0 Å². The lowest BCUT2D eigenvalue weighted by Crippen LogP contribution is -2.48. The molecule has 4 aliphatic rings. The Kier molecular flexibility index (Phi) is 12.2. The summed E-state index contributed by atoms with van der Waals surface area (Å²) >= 11 is 0. The Labute approximate surface area is 328 Å². The third-order valence-electron chi connectivity index (χ3n) is 12.4. The van der Waals surface area contributed by atoms with E-state index in [0.717, 1.165) is 70.5 Å². The Morgan fingerprint density at radius 3 is 1.51 bits per heavy atom. The lowest BCUT2D eigenvalue weighted by molar-refractivity contribution is -0.117. The number of carbonyl (C=O) groups is 1. The first-order valence-corrected chi connectivity index (χ1v) is 20.4. The predicted molar refractivity (Wildman–Crippen MR) is 228 cm³/mol. The number of amides is 1. The molecule has 0 unspecified atom stereocenters. The highest BCUT2D eigenvalue weighted by Crippen LogP contribution is 2.45. The summed E-state index contributed by atoms with van der Waals surface area (Å²) < 4.78 is 11.0. The smallest absolute Gasteiger partial charge is 0.224 e. The van der Waals surface area contributed by atoms with Gasteiger partial charge in [-0.25, -0.2) is 0 Å². The molecule has 0 radical (unpaired) electrons. The molecule has 4 aliphatic heterocycles. The normalized spacial score (nSPS) is 24.9. The van der Waals surface area contributed by atoms with Gasteiger partial charge in [-0.05, 0) is 81.4 Å². The second-order valence-corrected chi connectivity index (χ2v) is 15.5. The number of hydrogen-bond acceptors (Lipinski definition) is 8. The highest BCUT2D eigenvalue weighted by molar-refractivity contribution is 5.94. The van der Waals surface area contributed by atoms with Crippen LogP contribution in [0.1, 0.15) is 64.8 Å². The van der Waals surface area contributed by atoms with Gasteiger partial charge in [0, 0.05) is 109 Å². The van der Waals surface area contributed by atoms with Gasteiger partial charge in [0.05, 0.1) is 38.5 Å². The van der Waals surface area contributed by atoms with Crippen LogP contribution in [0.3, 0.4) is 0 Å². The summed E-state index contributed by atoms with van der Waals surface area (Å²) in [5.41, 5.74) is 9.79. The highest BCUT2D eigenvalue weighted by atomic mass is 16.5. The molecule has 0 aliphatic carbocycles. The summed E-state index contributed by atoms with van der Waals surface area (Å²) in [7, 11) is 0. The number of nitrogens with zero attached hydrogens (tertiary/aromatic N) is 4. The van der Waals surface area contributed by atoms with Crippen LogP contribution in [-0.2, 0) is 14.3 Å². The van der Waals surface area contributed by atoms with Gasteiger partial charge < -0.3 is 39.7 Å². The summed E-state index contributed by atoms with van der Waals surface area (Å²) in [4.78, 5) is 21.8. The number of nitrogens with one attached hydrogen (secondary N) is 2. The van der Waals surface area contributed by atoms with Gasteiger partial charge in [-0.3, -0.25) is 4.79 Å². The summed E-state index contributed by atoms with van der Waals surface area (Å²) in [5.74, 6) is 0.882. The second kappa shape index (κ2) is 17.4. The van der Waals surface area contributed by atoms with Gasteiger partial charge in [-0.2, -0.15) is 0 Å². The van der Waals surface area contributed by atoms with Crippen LogP contribution in [0.4, 0.5) is 34.1 Å². The van der Waals surface area contributed by atoms with E-state index in [2.05, 4.69) is 139 Å². The summed E-state index contributed by atoms with van der Waals surface area (Å²) in [6.45, 7) is 20.9. The molecule has 0 bridgehead atoms. The molecule has 2 fully saturated rings. The van der Waals surface area contributed by atoms with Crippen LogP contribution in [0.15, 0.2) is 97.1 Å². The van der Waals surface area contributed by atoms with E-state index >= 15 is 0 Å². The second-order valence-electron chi connectivity index (χ2n) is 15.5. The SMILES string of the molecule is CC(=O)N1c2ccc(N3CCOCC3)cc2[C@@H](Nc2ccccc2)[C@H](C)[C@H]1C.CCN1c2ccc(N3CCOCC3)cc2[C@H](Nc2ccccc2)[C@@H](C)[C@@H]1C. The maximum Gasteiger partial charge on any atom is 0.224 e. The van der Waals surface area contributed by atoms with Crippen molar-refractivity contribution in [1.82, 2.24) is 0 Å². The zero-order valence-electron chi connectivity index (χ0n) is 33.6. The van der Waals surface area contributed by atoms with E-state index in [9.17, 15) is 4.79 Å². The lowest BCUT2D eigenvalue weighted by atomic mass is 9.82. The van der Waals surface area contributed by atoms with Crippen molar-refractivity contribution >= 4 is 40.0 Å². The Balaban J connectivity index is 0.000000169. The molecule has 0 spiro atoms. The molecule has 292 valence electrons. The predicted octanol–water partition coefficient (Wildman–Crippen LogP) is 8.61. The van der Waals surface area contributed by atoms with Crippen molar-refractivity contribution in [3.8, 4) is 0 Å². The van der Waals surface area contributed by atoms with Crippen LogP contribution in [0, 0.1) is 11.8 Å². The fourth-order valence-corrected chi connectivity index (χ4v) is 8.94. The molecule has 0 aromatic heterocycles. The topological polar surface area (TPSA) is 72.6 Å². The third kappa shape index (κ3) is 8.29. The fourth-order valence-electron chi connectivity index (χ4n) is 8.94. The minimum Gasteiger partial charge on any atom is -0.378 e. The van der Waals surface area contributed by atoms with Crippen molar-refractivity contribution in [2.45, 2.75) is 65.7 Å². The Hall–Kier alpha value is -4.73. The third-order valence-corrected chi connectivity index (χ3v) is 12.4. The van der Waals surface area contributed by atoms with Gasteiger partial charge in [0.1, 0.15) is 0 Å². The van der Waals surface area contributed by atoms with Gasteiger partial charge in [0.2, 0.25) is 5.91 Å². The molecule has 55 heavy (non-hydrogen) atoms. The maximum absolute atomic E-state index is 12.4. The minimum absolute atomic E-state index is 0.0953.